The number of carbonyl (C=O) groups is 1. The number of nitrogens with one attached hydrogen (secondary N) is 1. The minimum Gasteiger partial charge on any atom is -0.361 e. The molecule has 0 atom stereocenters. The summed E-state index contributed by atoms with van der Waals surface area (Å²) < 4.78 is 29.8. The maximum Gasteiger partial charge on any atom is 0.288 e. The molecule has 2 aromatic rings. The number of hydrogen-bond acceptors (Lipinski definition) is 4. The van der Waals surface area contributed by atoms with Gasteiger partial charge in [0.1, 0.15) is 11.3 Å². The summed E-state index contributed by atoms with van der Waals surface area (Å²) in [5.41, 5.74) is 1.11. The first-order valence-corrected chi connectivity index (χ1v) is 6.65. The topological polar surface area (TPSA) is 55.1 Å². The quantitative estimate of drug-likeness (QED) is 0.871. The van der Waals surface area contributed by atoms with Crippen LogP contribution >= 0.6 is 11.8 Å². The molecule has 0 saturated carbocycles. The predicted octanol–water partition coefficient (Wildman–Crippen LogP) is 3.86. The molecule has 0 spiro atoms. The maximum atomic E-state index is 12.5. The Morgan fingerprint density at radius 2 is 2.05 bits per heavy atom. The third-order valence-corrected chi connectivity index (χ3v) is 3.40. The molecule has 1 N–H and O–H groups in total. The van der Waals surface area contributed by atoms with Gasteiger partial charge in [-0.05, 0) is 26.0 Å². The lowest BCUT2D eigenvalue weighted by Crippen LogP contribution is -2.14. The third kappa shape index (κ3) is 3.16. The number of carbonyl (C=O) groups excluding carboxylic acids is 1. The van der Waals surface area contributed by atoms with Crippen molar-refractivity contribution in [2.45, 2.75) is 24.5 Å². The number of rotatable bonds is 4. The molecule has 0 saturated heterocycles. The zero-order valence-electron chi connectivity index (χ0n) is 10.8. The van der Waals surface area contributed by atoms with Gasteiger partial charge in [0.05, 0.1) is 11.4 Å². The molecular weight excluding hydrogens is 286 g/mol. The number of para-hydroxylation sites is 1. The third-order valence-electron chi connectivity index (χ3n) is 2.61. The molecule has 0 bridgehead atoms. The number of hydrogen-bond donors (Lipinski definition) is 1. The van der Waals surface area contributed by atoms with Crippen molar-refractivity contribution in [3.05, 3.63) is 41.3 Å². The highest BCUT2D eigenvalue weighted by Crippen LogP contribution is 2.32. The SMILES string of the molecule is Cc1noc(C)c1C(=O)Nc1ccccc1SC(F)F. The molecule has 7 heteroatoms. The van der Waals surface area contributed by atoms with Crippen LogP contribution in [0.3, 0.4) is 0 Å². The number of amides is 1. The van der Waals surface area contributed by atoms with Gasteiger partial charge in [0.15, 0.2) is 0 Å². The fraction of sp³-hybridized carbons (Fsp3) is 0.231. The number of benzene rings is 1. The molecule has 0 radical (unpaired) electrons. The van der Waals surface area contributed by atoms with Gasteiger partial charge in [-0.2, -0.15) is 8.78 Å². The summed E-state index contributed by atoms with van der Waals surface area (Å²) in [6, 6.07) is 6.40. The highest BCUT2D eigenvalue weighted by Gasteiger charge is 2.19. The van der Waals surface area contributed by atoms with Crippen molar-refractivity contribution in [3.8, 4) is 0 Å². The van der Waals surface area contributed by atoms with Crippen LogP contribution in [0.5, 0.6) is 0 Å². The Labute approximate surface area is 118 Å². The molecule has 1 aromatic carbocycles. The van der Waals surface area contributed by atoms with E-state index in [0.29, 0.717) is 39.4 Å². The highest BCUT2D eigenvalue weighted by molar-refractivity contribution is 7.99. The average molecular weight is 298 g/mol. The van der Waals surface area contributed by atoms with Crippen LogP contribution in [0.25, 0.3) is 0 Å². The molecule has 0 aliphatic carbocycles. The van der Waals surface area contributed by atoms with Crippen molar-refractivity contribution in [2.75, 3.05) is 5.32 Å². The van der Waals surface area contributed by atoms with Crippen molar-refractivity contribution >= 4 is 23.4 Å². The first-order chi connectivity index (χ1) is 9.49. The summed E-state index contributed by atoms with van der Waals surface area (Å²) >= 11 is 0.386. The van der Waals surface area contributed by atoms with E-state index in [4.69, 9.17) is 4.52 Å². The average Bonchev–Trinajstić information content (AvgIpc) is 2.71. The number of thioether (sulfide) groups is 1. The molecule has 1 amide bonds. The minimum atomic E-state index is -2.55. The fourth-order valence-electron chi connectivity index (χ4n) is 1.76. The second-order valence-electron chi connectivity index (χ2n) is 4.03. The first kappa shape index (κ1) is 14.5. The summed E-state index contributed by atoms with van der Waals surface area (Å²) in [5.74, 6) is -2.59. The normalized spacial score (nSPS) is 10.8. The second-order valence-corrected chi connectivity index (χ2v) is 5.06. The van der Waals surface area contributed by atoms with Crippen molar-refractivity contribution in [3.63, 3.8) is 0 Å². The van der Waals surface area contributed by atoms with Crippen LogP contribution < -0.4 is 5.32 Å². The molecular formula is C13H12F2N2O2S. The van der Waals surface area contributed by atoms with Crippen LogP contribution in [-0.4, -0.2) is 16.8 Å². The van der Waals surface area contributed by atoms with Crippen LogP contribution in [0.15, 0.2) is 33.7 Å². The summed E-state index contributed by atoms with van der Waals surface area (Å²) in [4.78, 5) is 12.5. The molecule has 2 rings (SSSR count). The Bertz CT molecular complexity index is 609. The maximum absolute atomic E-state index is 12.5. The Morgan fingerprint density at radius 1 is 1.35 bits per heavy atom. The van der Waals surface area contributed by atoms with Gasteiger partial charge in [-0.3, -0.25) is 4.79 Å². The lowest BCUT2D eigenvalue weighted by molar-refractivity contribution is 0.102. The number of nitrogens with zero attached hydrogens (tertiary/aromatic N) is 1. The fourth-order valence-corrected chi connectivity index (χ4v) is 2.36. The van der Waals surface area contributed by atoms with Crippen molar-refractivity contribution < 1.29 is 18.1 Å². The molecule has 20 heavy (non-hydrogen) atoms. The Morgan fingerprint density at radius 3 is 2.65 bits per heavy atom. The zero-order valence-corrected chi connectivity index (χ0v) is 11.6. The number of alkyl halides is 2. The van der Waals surface area contributed by atoms with Gasteiger partial charge < -0.3 is 9.84 Å². The van der Waals surface area contributed by atoms with Crippen LogP contribution in [0.4, 0.5) is 14.5 Å². The van der Waals surface area contributed by atoms with Crippen molar-refractivity contribution in [1.82, 2.24) is 5.16 Å². The van der Waals surface area contributed by atoms with E-state index in [-0.39, 0.29) is 0 Å². The van der Waals surface area contributed by atoms with Gasteiger partial charge in [-0.15, -0.1) is 0 Å². The number of aromatic nitrogens is 1. The van der Waals surface area contributed by atoms with E-state index in [0.717, 1.165) is 0 Å². The molecule has 4 nitrogen and oxygen atoms in total. The van der Waals surface area contributed by atoms with Crippen LogP contribution in [-0.2, 0) is 0 Å². The van der Waals surface area contributed by atoms with Crippen LogP contribution in [0.1, 0.15) is 21.8 Å². The molecule has 0 aliphatic heterocycles. The number of aryl methyl sites for hydroxylation is 2. The number of anilines is 1. The zero-order chi connectivity index (χ0) is 14.7. The van der Waals surface area contributed by atoms with E-state index < -0.39 is 11.7 Å². The smallest absolute Gasteiger partial charge is 0.288 e. The molecule has 106 valence electrons. The Balaban J connectivity index is 2.24. The van der Waals surface area contributed by atoms with Gasteiger partial charge in [0.25, 0.3) is 11.7 Å². The van der Waals surface area contributed by atoms with Crippen molar-refractivity contribution in [1.29, 1.82) is 0 Å². The highest BCUT2D eigenvalue weighted by atomic mass is 32.2. The van der Waals surface area contributed by atoms with E-state index in [1.54, 1.807) is 32.0 Å². The van der Waals surface area contributed by atoms with Crippen LogP contribution in [0, 0.1) is 13.8 Å². The monoisotopic (exact) mass is 298 g/mol. The van der Waals surface area contributed by atoms with E-state index in [1.807, 2.05) is 0 Å². The Kier molecular flexibility index (Phi) is 4.39. The van der Waals surface area contributed by atoms with E-state index >= 15 is 0 Å². The molecule has 1 aromatic heterocycles. The summed E-state index contributed by atoms with van der Waals surface area (Å²) in [6.45, 7) is 3.26. The van der Waals surface area contributed by atoms with Crippen molar-refractivity contribution in [2.24, 2.45) is 0 Å². The number of halogens is 2. The lowest BCUT2D eigenvalue weighted by Gasteiger charge is -2.10. The van der Waals surface area contributed by atoms with Gasteiger partial charge in [-0.1, -0.05) is 29.1 Å². The van der Waals surface area contributed by atoms with Gasteiger partial charge in [-0.25, -0.2) is 0 Å². The van der Waals surface area contributed by atoms with Crippen LogP contribution in [0.2, 0.25) is 0 Å². The van der Waals surface area contributed by atoms with E-state index in [2.05, 4.69) is 10.5 Å². The van der Waals surface area contributed by atoms with Gasteiger partial charge in [0.2, 0.25) is 0 Å². The standard InChI is InChI=1S/C13H12F2N2O2S/c1-7-11(8(2)19-17-7)12(18)16-9-5-3-4-6-10(9)20-13(14)15/h3-6,13H,1-2H3,(H,16,18). The van der Waals surface area contributed by atoms with Gasteiger partial charge >= 0.3 is 0 Å². The molecule has 1 heterocycles. The second kappa shape index (κ2) is 6.04. The van der Waals surface area contributed by atoms with Gasteiger partial charge in [0, 0.05) is 4.90 Å². The first-order valence-electron chi connectivity index (χ1n) is 5.77. The lowest BCUT2D eigenvalue weighted by atomic mass is 10.2. The van der Waals surface area contributed by atoms with E-state index in [1.165, 1.54) is 6.07 Å². The summed E-state index contributed by atoms with van der Waals surface area (Å²) in [6.07, 6.45) is 0. The predicted molar refractivity (Wildman–Crippen MR) is 72.2 cm³/mol. The molecule has 0 fully saturated rings. The minimum absolute atomic E-state index is 0.308. The Hall–Kier alpha value is -1.89. The largest absolute Gasteiger partial charge is 0.361 e. The summed E-state index contributed by atoms with van der Waals surface area (Å²) in [7, 11) is 0. The molecule has 0 aliphatic rings. The van der Waals surface area contributed by atoms with E-state index in [9.17, 15) is 13.6 Å². The molecule has 0 unspecified atom stereocenters. The summed E-state index contributed by atoms with van der Waals surface area (Å²) in [5, 5.41) is 6.30.